The SMILES string of the molecule is C[C@@H]1C[C@@H](C(F)(F)F)n2nc(C(=O)O)cc2N1. The molecule has 8 heteroatoms. The molecule has 0 fully saturated rings. The third-order valence-electron chi connectivity index (χ3n) is 2.60. The maximum Gasteiger partial charge on any atom is 0.410 e. The topological polar surface area (TPSA) is 67.2 Å². The van der Waals surface area contributed by atoms with Gasteiger partial charge in [-0.15, -0.1) is 0 Å². The summed E-state index contributed by atoms with van der Waals surface area (Å²) in [5.41, 5.74) is -0.393. The molecule has 1 aliphatic heterocycles. The van der Waals surface area contributed by atoms with Crippen LogP contribution in [0.3, 0.4) is 0 Å². The molecule has 0 amide bonds. The smallest absolute Gasteiger partial charge is 0.410 e. The van der Waals surface area contributed by atoms with Crippen molar-refractivity contribution in [1.82, 2.24) is 9.78 Å². The van der Waals surface area contributed by atoms with E-state index >= 15 is 0 Å². The number of anilines is 1. The van der Waals surface area contributed by atoms with E-state index in [0.29, 0.717) is 4.68 Å². The predicted molar refractivity (Wildman–Crippen MR) is 52.0 cm³/mol. The van der Waals surface area contributed by atoms with E-state index < -0.39 is 23.9 Å². The summed E-state index contributed by atoms with van der Waals surface area (Å²) >= 11 is 0. The standard InChI is InChI=1S/C9H10F3N3O2/c1-4-2-6(9(10,11)12)15-7(13-4)3-5(14-15)8(16)17/h3-4,6,13H,2H2,1H3,(H,16,17)/t4-,6+/m1/s1. The zero-order valence-electron chi connectivity index (χ0n) is 8.82. The molecule has 0 saturated carbocycles. The van der Waals surface area contributed by atoms with Gasteiger partial charge in [0.2, 0.25) is 0 Å². The number of nitrogens with one attached hydrogen (secondary N) is 1. The van der Waals surface area contributed by atoms with Gasteiger partial charge in [0.25, 0.3) is 0 Å². The molecule has 0 aliphatic carbocycles. The first-order valence-corrected chi connectivity index (χ1v) is 4.95. The number of halogens is 3. The Morgan fingerprint density at radius 1 is 1.65 bits per heavy atom. The number of aromatic nitrogens is 2. The lowest BCUT2D eigenvalue weighted by Crippen LogP contribution is -2.37. The van der Waals surface area contributed by atoms with Crippen LogP contribution in [0.2, 0.25) is 0 Å². The molecule has 0 unspecified atom stereocenters. The van der Waals surface area contributed by atoms with Gasteiger partial charge in [-0.3, -0.25) is 0 Å². The highest BCUT2D eigenvalue weighted by atomic mass is 19.4. The van der Waals surface area contributed by atoms with Crippen LogP contribution in [-0.4, -0.2) is 33.1 Å². The number of nitrogens with zero attached hydrogens (tertiary/aromatic N) is 2. The van der Waals surface area contributed by atoms with Crippen LogP contribution in [-0.2, 0) is 0 Å². The Bertz CT molecular complexity index is 455. The van der Waals surface area contributed by atoms with E-state index in [4.69, 9.17) is 5.11 Å². The maximum atomic E-state index is 12.8. The van der Waals surface area contributed by atoms with E-state index in [0.717, 1.165) is 6.07 Å². The van der Waals surface area contributed by atoms with Crippen LogP contribution in [0.25, 0.3) is 0 Å². The molecule has 0 bridgehead atoms. The van der Waals surface area contributed by atoms with Gasteiger partial charge in [0.15, 0.2) is 11.7 Å². The Morgan fingerprint density at radius 3 is 2.82 bits per heavy atom. The van der Waals surface area contributed by atoms with E-state index in [2.05, 4.69) is 10.4 Å². The minimum atomic E-state index is -4.44. The number of rotatable bonds is 1. The van der Waals surface area contributed by atoms with Crippen LogP contribution in [0, 0.1) is 0 Å². The van der Waals surface area contributed by atoms with Gasteiger partial charge in [-0.2, -0.15) is 18.3 Å². The number of fused-ring (bicyclic) bond motifs is 1. The minimum Gasteiger partial charge on any atom is -0.476 e. The van der Waals surface area contributed by atoms with E-state index in [1.54, 1.807) is 6.92 Å². The van der Waals surface area contributed by atoms with Crippen molar-refractivity contribution >= 4 is 11.8 Å². The van der Waals surface area contributed by atoms with Crippen LogP contribution in [0.1, 0.15) is 29.9 Å². The number of alkyl halides is 3. The van der Waals surface area contributed by atoms with Gasteiger partial charge in [0, 0.05) is 12.1 Å². The Hall–Kier alpha value is -1.73. The summed E-state index contributed by atoms with van der Waals surface area (Å²) in [7, 11) is 0. The molecule has 0 aromatic carbocycles. The number of carbonyl (C=O) groups is 1. The Morgan fingerprint density at radius 2 is 2.29 bits per heavy atom. The van der Waals surface area contributed by atoms with Gasteiger partial charge < -0.3 is 10.4 Å². The van der Waals surface area contributed by atoms with Crippen LogP contribution >= 0.6 is 0 Å². The maximum absolute atomic E-state index is 12.8. The van der Waals surface area contributed by atoms with E-state index in [9.17, 15) is 18.0 Å². The van der Waals surface area contributed by atoms with Gasteiger partial charge in [-0.25, -0.2) is 9.48 Å². The van der Waals surface area contributed by atoms with Crippen LogP contribution in [0.15, 0.2) is 6.07 Å². The molecular weight excluding hydrogens is 239 g/mol. The van der Waals surface area contributed by atoms with Crippen LogP contribution < -0.4 is 5.32 Å². The summed E-state index contributed by atoms with van der Waals surface area (Å²) in [6, 6.07) is -1.05. The number of carboxylic acid groups (broad SMARTS) is 1. The molecule has 1 aliphatic rings. The number of aromatic carboxylic acids is 1. The molecule has 2 N–H and O–H groups in total. The van der Waals surface area contributed by atoms with Crippen molar-refractivity contribution in [2.24, 2.45) is 0 Å². The zero-order valence-corrected chi connectivity index (χ0v) is 8.82. The first-order chi connectivity index (χ1) is 7.79. The molecule has 0 spiro atoms. The quantitative estimate of drug-likeness (QED) is 0.797. The largest absolute Gasteiger partial charge is 0.476 e. The molecule has 5 nitrogen and oxygen atoms in total. The fourth-order valence-corrected chi connectivity index (χ4v) is 1.86. The minimum absolute atomic E-state index is 0.0866. The second-order valence-electron chi connectivity index (χ2n) is 4.00. The molecule has 1 aromatic heterocycles. The fraction of sp³-hybridized carbons (Fsp3) is 0.556. The van der Waals surface area contributed by atoms with Gasteiger partial charge in [-0.05, 0) is 13.3 Å². The monoisotopic (exact) mass is 249 g/mol. The van der Waals surface area contributed by atoms with E-state index in [1.165, 1.54) is 0 Å². The third kappa shape index (κ3) is 2.06. The van der Waals surface area contributed by atoms with Crippen molar-refractivity contribution in [2.75, 3.05) is 5.32 Å². The predicted octanol–water partition coefficient (Wildman–Crippen LogP) is 1.89. The van der Waals surface area contributed by atoms with Gasteiger partial charge in [0.05, 0.1) is 0 Å². The number of carboxylic acids is 1. The Labute approximate surface area is 94.2 Å². The van der Waals surface area contributed by atoms with Crippen molar-refractivity contribution in [1.29, 1.82) is 0 Å². The lowest BCUT2D eigenvalue weighted by Gasteiger charge is -2.31. The molecule has 2 atom stereocenters. The highest BCUT2D eigenvalue weighted by Gasteiger charge is 2.45. The molecule has 2 heterocycles. The van der Waals surface area contributed by atoms with Gasteiger partial charge in [0.1, 0.15) is 5.82 Å². The van der Waals surface area contributed by atoms with Crippen molar-refractivity contribution < 1.29 is 23.1 Å². The summed E-state index contributed by atoms with van der Waals surface area (Å²) in [6.45, 7) is 1.61. The van der Waals surface area contributed by atoms with Crippen molar-refractivity contribution in [3.05, 3.63) is 11.8 Å². The molecule has 0 radical (unpaired) electrons. The van der Waals surface area contributed by atoms with E-state index in [1.807, 2.05) is 0 Å². The van der Waals surface area contributed by atoms with Crippen molar-refractivity contribution in [3.63, 3.8) is 0 Å². The summed E-state index contributed by atoms with van der Waals surface area (Å²) in [4.78, 5) is 10.7. The summed E-state index contributed by atoms with van der Waals surface area (Å²) < 4.78 is 39.0. The van der Waals surface area contributed by atoms with Crippen molar-refractivity contribution in [2.45, 2.75) is 31.6 Å². The van der Waals surface area contributed by atoms with Gasteiger partial charge >= 0.3 is 12.1 Å². The summed E-state index contributed by atoms with van der Waals surface area (Å²) in [6.07, 6.45) is -4.61. The van der Waals surface area contributed by atoms with Crippen molar-refractivity contribution in [3.8, 4) is 0 Å². The summed E-state index contributed by atoms with van der Waals surface area (Å²) in [5, 5.41) is 14.9. The second kappa shape index (κ2) is 3.64. The Kier molecular flexibility index (Phi) is 2.52. The van der Waals surface area contributed by atoms with Gasteiger partial charge in [-0.1, -0.05) is 0 Å². The molecule has 1 aromatic rings. The molecule has 0 saturated heterocycles. The average molecular weight is 249 g/mol. The van der Waals surface area contributed by atoms with Crippen LogP contribution in [0.4, 0.5) is 19.0 Å². The van der Waals surface area contributed by atoms with E-state index in [-0.39, 0.29) is 18.3 Å². The lowest BCUT2D eigenvalue weighted by atomic mass is 10.1. The average Bonchev–Trinajstić information content (AvgIpc) is 2.58. The van der Waals surface area contributed by atoms with Crippen LogP contribution in [0.5, 0.6) is 0 Å². The first-order valence-electron chi connectivity index (χ1n) is 4.95. The Balaban J connectivity index is 2.45. The molecule has 2 rings (SSSR count). The number of hydrogen-bond donors (Lipinski definition) is 2. The second-order valence-corrected chi connectivity index (χ2v) is 4.00. The zero-order chi connectivity index (χ0) is 12.8. The lowest BCUT2D eigenvalue weighted by molar-refractivity contribution is -0.173. The number of hydrogen-bond acceptors (Lipinski definition) is 3. The first kappa shape index (κ1) is 11.7. The normalized spacial score (nSPS) is 24.0. The molecular formula is C9H10F3N3O2. The molecule has 17 heavy (non-hydrogen) atoms. The highest BCUT2D eigenvalue weighted by molar-refractivity contribution is 5.86. The third-order valence-corrected chi connectivity index (χ3v) is 2.60. The fourth-order valence-electron chi connectivity index (χ4n) is 1.86. The summed E-state index contributed by atoms with van der Waals surface area (Å²) in [5.74, 6) is -1.26. The highest BCUT2D eigenvalue weighted by Crippen LogP contribution is 2.39. The molecule has 94 valence electrons.